The fourth-order valence-corrected chi connectivity index (χ4v) is 2.08. The first-order valence-electron chi connectivity index (χ1n) is 4.62. The molecule has 86 valence electrons. The summed E-state index contributed by atoms with van der Waals surface area (Å²) in [5, 5.41) is 12.8. The van der Waals surface area contributed by atoms with Gasteiger partial charge in [0.1, 0.15) is 5.82 Å². The van der Waals surface area contributed by atoms with E-state index < -0.39 is 0 Å². The van der Waals surface area contributed by atoms with E-state index in [1.807, 2.05) is 6.92 Å². The molecule has 2 rings (SSSR count). The van der Waals surface area contributed by atoms with Crippen LogP contribution in [-0.4, -0.2) is 29.9 Å². The van der Waals surface area contributed by atoms with Crippen LogP contribution < -0.4 is 11.4 Å². The van der Waals surface area contributed by atoms with Gasteiger partial charge in [-0.05, 0) is 6.92 Å². The summed E-state index contributed by atoms with van der Waals surface area (Å²) in [7, 11) is 0. The third-order valence-electron chi connectivity index (χ3n) is 1.93. The summed E-state index contributed by atoms with van der Waals surface area (Å²) in [5.41, 5.74) is -0.578. The number of aromatic amines is 3. The molecule has 0 aliphatic carbocycles. The zero-order valence-corrected chi connectivity index (χ0v) is 9.30. The summed E-state index contributed by atoms with van der Waals surface area (Å²) in [5.74, 6) is 0.969. The zero-order valence-electron chi connectivity index (χ0n) is 8.48. The first-order valence-corrected chi connectivity index (χ1v) is 5.61. The van der Waals surface area contributed by atoms with E-state index in [9.17, 15) is 9.59 Å². The van der Waals surface area contributed by atoms with Gasteiger partial charge in [-0.15, -0.1) is 5.10 Å². The molecule has 0 radical (unpaired) electrons. The Balaban J connectivity index is 2.10. The zero-order chi connectivity index (χ0) is 11.5. The molecule has 0 aliphatic heterocycles. The second-order valence-electron chi connectivity index (χ2n) is 2.97. The molecule has 16 heavy (non-hydrogen) atoms. The summed E-state index contributed by atoms with van der Waals surface area (Å²) in [6.07, 6.45) is 0. The molecule has 0 aliphatic rings. The number of nitrogens with one attached hydrogen (secondary N) is 3. The van der Waals surface area contributed by atoms with Crippen LogP contribution in [0.4, 0.5) is 0 Å². The lowest BCUT2D eigenvalue weighted by molar-refractivity contribution is 0.660. The largest absolute Gasteiger partial charge is 0.343 e. The highest BCUT2D eigenvalue weighted by molar-refractivity contribution is 7.98. The maximum absolute atomic E-state index is 11.2. The van der Waals surface area contributed by atoms with Crippen LogP contribution in [0.2, 0.25) is 0 Å². The Kier molecular flexibility index (Phi) is 2.95. The molecule has 0 atom stereocenters. The predicted molar refractivity (Wildman–Crippen MR) is 57.3 cm³/mol. The van der Waals surface area contributed by atoms with Gasteiger partial charge in [0.15, 0.2) is 5.16 Å². The van der Waals surface area contributed by atoms with Crippen LogP contribution in [0.5, 0.6) is 0 Å². The summed E-state index contributed by atoms with van der Waals surface area (Å²) >= 11 is 1.33. The van der Waals surface area contributed by atoms with E-state index in [-0.39, 0.29) is 11.4 Å². The molecule has 0 aromatic carbocycles. The molecular formula is C7H10N6O2S. The Hall–Kier alpha value is -1.77. The standard InChI is InChI=1S/C7H10N6O2S/c1-2-13-6(15)11-12-7(13)16-3-4-8-5(14)10-9-4/h2-3H2,1H3,(H,11,15)(H2,8,9,10,14). The number of rotatable bonds is 4. The smallest absolute Gasteiger partial charge is 0.292 e. The molecule has 0 saturated carbocycles. The molecule has 2 heterocycles. The molecule has 2 aromatic heterocycles. The van der Waals surface area contributed by atoms with Crippen molar-refractivity contribution >= 4 is 11.8 Å². The highest BCUT2D eigenvalue weighted by atomic mass is 32.2. The van der Waals surface area contributed by atoms with Crippen molar-refractivity contribution < 1.29 is 0 Å². The Labute approximate surface area is 93.5 Å². The molecule has 8 nitrogen and oxygen atoms in total. The number of hydrogen-bond donors (Lipinski definition) is 3. The van der Waals surface area contributed by atoms with Crippen LogP contribution in [-0.2, 0) is 12.3 Å². The Morgan fingerprint density at radius 3 is 2.75 bits per heavy atom. The van der Waals surface area contributed by atoms with Crippen molar-refractivity contribution in [3.63, 3.8) is 0 Å². The van der Waals surface area contributed by atoms with Crippen LogP contribution in [0.3, 0.4) is 0 Å². The Morgan fingerprint density at radius 1 is 1.31 bits per heavy atom. The van der Waals surface area contributed by atoms with Gasteiger partial charge < -0.3 is 0 Å². The lowest BCUT2D eigenvalue weighted by Gasteiger charge is -1.99. The average molecular weight is 242 g/mol. The normalized spacial score (nSPS) is 10.8. The van der Waals surface area contributed by atoms with E-state index in [2.05, 4.69) is 25.4 Å². The van der Waals surface area contributed by atoms with E-state index in [0.717, 1.165) is 0 Å². The molecule has 0 bridgehead atoms. The molecule has 3 N–H and O–H groups in total. The molecule has 0 amide bonds. The lowest BCUT2D eigenvalue weighted by Crippen LogP contribution is -2.16. The minimum absolute atomic E-state index is 0.236. The molecule has 0 saturated heterocycles. The van der Waals surface area contributed by atoms with Crippen molar-refractivity contribution in [3.05, 3.63) is 26.8 Å². The highest BCUT2D eigenvalue weighted by Crippen LogP contribution is 2.16. The minimum Gasteiger partial charge on any atom is -0.292 e. The van der Waals surface area contributed by atoms with Crippen molar-refractivity contribution in [2.24, 2.45) is 0 Å². The summed E-state index contributed by atoms with van der Waals surface area (Å²) in [6, 6.07) is 0. The van der Waals surface area contributed by atoms with Crippen molar-refractivity contribution in [1.29, 1.82) is 0 Å². The van der Waals surface area contributed by atoms with Crippen molar-refractivity contribution in [2.45, 2.75) is 24.4 Å². The fraction of sp³-hybridized carbons (Fsp3) is 0.429. The second kappa shape index (κ2) is 4.39. The quantitative estimate of drug-likeness (QED) is 0.613. The van der Waals surface area contributed by atoms with Crippen molar-refractivity contribution in [3.8, 4) is 0 Å². The summed E-state index contributed by atoms with van der Waals surface area (Å²) in [6.45, 7) is 2.41. The molecule has 0 unspecified atom stereocenters. The second-order valence-corrected chi connectivity index (χ2v) is 3.91. The van der Waals surface area contributed by atoms with Crippen LogP contribution in [0.15, 0.2) is 14.7 Å². The van der Waals surface area contributed by atoms with Gasteiger partial charge in [-0.2, -0.15) is 5.10 Å². The summed E-state index contributed by atoms with van der Waals surface area (Å²) < 4.78 is 1.51. The highest BCUT2D eigenvalue weighted by Gasteiger charge is 2.08. The number of thioether (sulfide) groups is 1. The first kappa shape index (κ1) is 10.7. The first-order chi connectivity index (χ1) is 7.70. The minimum atomic E-state index is -0.342. The van der Waals surface area contributed by atoms with Crippen LogP contribution in [0.1, 0.15) is 12.7 Å². The van der Waals surface area contributed by atoms with Crippen molar-refractivity contribution in [1.82, 2.24) is 29.9 Å². The Morgan fingerprint density at radius 2 is 2.12 bits per heavy atom. The number of H-pyrrole nitrogens is 3. The third-order valence-corrected chi connectivity index (χ3v) is 2.92. The number of nitrogens with zero attached hydrogens (tertiary/aromatic N) is 3. The van der Waals surface area contributed by atoms with Crippen LogP contribution >= 0.6 is 11.8 Å². The SMILES string of the molecule is CCn1c(SCc2n[nH]c(=O)[nH]2)n[nH]c1=O. The Bertz CT molecular complexity index is 578. The van der Waals surface area contributed by atoms with Gasteiger partial charge >= 0.3 is 11.4 Å². The maximum Gasteiger partial charge on any atom is 0.343 e. The fourth-order valence-electron chi connectivity index (χ4n) is 1.20. The average Bonchev–Trinajstić information content (AvgIpc) is 2.82. The van der Waals surface area contributed by atoms with E-state index in [1.165, 1.54) is 16.3 Å². The van der Waals surface area contributed by atoms with Crippen LogP contribution in [0.25, 0.3) is 0 Å². The van der Waals surface area contributed by atoms with E-state index in [1.54, 1.807) is 0 Å². The molecule has 9 heteroatoms. The molecular weight excluding hydrogens is 232 g/mol. The number of aromatic nitrogens is 6. The van der Waals surface area contributed by atoms with Crippen LogP contribution in [0, 0.1) is 0 Å². The molecule has 0 spiro atoms. The van der Waals surface area contributed by atoms with Gasteiger partial charge in [0.05, 0.1) is 5.75 Å². The molecule has 0 fully saturated rings. The van der Waals surface area contributed by atoms with E-state index in [4.69, 9.17) is 0 Å². The van der Waals surface area contributed by atoms with Gasteiger partial charge in [-0.1, -0.05) is 11.8 Å². The maximum atomic E-state index is 11.2. The van der Waals surface area contributed by atoms with E-state index in [0.29, 0.717) is 23.3 Å². The van der Waals surface area contributed by atoms with Crippen molar-refractivity contribution in [2.75, 3.05) is 0 Å². The lowest BCUT2D eigenvalue weighted by atomic mass is 10.7. The third kappa shape index (κ3) is 2.08. The van der Waals surface area contributed by atoms with Gasteiger partial charge in [0.25, 0.3) is 0 Å². The number of hydrogen-bond acceptors (Lipinski definition) is 5. The van der Waals surface area contributed by atoms with Gasteiger partial charge in [0, 0.05) is 6.54 Å². The monoisotopic (exact) mass is 242 g/mol. The molecule has 2 aromatic rings. The van der Waals surface area contributed by atoms with Gasteiger partial charge in [-0.25, -0.2) is 19.8 Å². The summed E-state index contributed by atoms with van der Waals surface area (Å²) in [4.78, 5) is 24.5. The predicted octanol–water partition coefficient (Wildman–Crippen LogP) is -0.705. The van der Waals surface area contributed by atoms with E-state index >= 15 is 0 Å². The van der Waals surface area contributed by atoms with Gasteiger partial charge in [0.2, 0.25) is 0 Å². The topological polar surface area (TPSA) is 112 Å². The van der Waals surface area contributed by atoms with Gasteiger partial charge in [-0.3, -0.25) is 9.55 Å².